The molecular weight excluding hydrogens is 418 g/mol. The maximum Gasteiger partial charge on any atom is 0.0542 e. The summed E-state index contributed by atoms with van der Waals surface area (Å²) in [6, 6.07) is 10.5. The van der Waals surface area contributed by atoms with Crippen LogP contribution in [0.1, 0.15) is 15.3 Å². The van der Waals surface area contributed by atoms with Gasteiger partial charge in [0, 0.05) is 13.3 Å². The van der Waals surface area contributed by atoms with Gasteiger partial charge in [0.15, 0.2) is 0 Å². The lowest BCUT2D eigenvalue weighted by molar-refractivity contribution is 0.968. The maximum atomic E-state index is 6.11. The standard InChI is InChI=1S/C12H9BrClIS/c13-10(7-9-2-1-5-16-9)8-3-4-12(15)11(14)6-8/h1-6,10H,7H2. The van der Waals surface area contributed by atoms with Crippen LogP contribution in [0.15, 0.2) is 35.7 Å². The van der Waals surface area contributed by atoms with Crippen molar-refractivity contribution in [1.82, 2.24) is 0 Å². The molecule has 0 radical (unpaired) electrons. The van der Waals surface area contributed by atoms with E-state index in [2.05, 4.69) is 68.2 Å². The van der Waals surface area contributed by atoms with Crippen LogP contribution in [-0.2, 0) is 6.42 Å². The first kappa shape index (κ1) is 12.9. The van der Waals surface area contributed by atoms with Crippen molar-refractivity contribution >= 4 is 61.5 Å². The van der Waals surface area contributed by atoms with Gasteiger partial charge < -0.3 is 0 Å². The summed E-state index contributed by atoms with van der Waals surface area (Å²) in [6.45, 7) is 0. The quantitative estimate of drug-likeness (QED) is 0.436. The third-order valence-electron chi connectivity index (χ3n) is 2.27. The normalized spacial score (nSPS) is 12.7. The molecule has 1 aromatic carbocycles. The molecule has 0 saturated carbocycles. The van der Waals surface area contributed by atoms with Gasteiger partial charge in [-0.2, -0.15) is 0 Å². The van der Waals surface area contributed by atoms with Crippen molar-refractivity contribution < 1.29 is 0 Å². The minimum atomic E-state index is 0.334. The van der Waals surface area contributed by atoms with Gasteiger partial charge in [-0.1, -0.05) is 39.7 Å². The molecule has 16 heavy (non-hydrogen) atoms. The van der Waals surface area contributed by atoms with Crippen LogP contribution >= 0.6 is 61.5 Å². The number of rotatable bonds is 3. The predicted octanol–water partition coefficient (Wildman–Crippen LogP) is 5.68. The number of hydrogen-bond donors (Lipinski definition) is 0. The average molecular weight is 428 g/mol. The molecule has 1 atom stereocenters. The minimum Gasteiger partial charge on any atom is -0.149 e. The van der Waals surface area contributed by atoms with Crippen LogP contribution in [-0.4, -0.2) is 0 Å². The summed E-state index contributed by atoms with van der Waals surface area (Å²) in [6.07, 6.45) is 1.01. The Labute approximate surface area is 126 Å². The summed E-state index contributed by atoms with van der Waals surface area (Å²) >= 11 is 13.9. The Morgan fingerprint density at radius 2 is 2.19 bits per heavy atom. The summed E-state index contributed by atoms with van der Waals surface area (Å²) in [5.41, 5.74) is 1.24. The fourth-order valence-electron chi connectivity index (χ4n) is 1.43. The monoisotopic (exact) mass is 426 g/mol. The molecule has 0 fully saturated rings. The maximum absolute atomic E-state index is 6.11. The smallest absolute Gasteiger partial charge is 0.0542 e. The van der Waals surface area contributed by atoms with Crippen molar-refractivity contribution in [2.45, 2.75) is 11.2 Å². The summed E-state index contributed by atoms with van der Waals surface area (Å²) in [5, 5.41) is 2.93. The molecule has 0 aliphatic rings. The van der Waals surface area contributed by atoms with E-state index in [0.717, 1.165) is 15.0 Å². The molecule has 0 saturated heterocycles. The van der Waals surface area contributed by atoms with Crippen molar-refractivity contribution in [2.24, 2.45) is 0 Å². The first-order valence-electron chi connectivity index (χ1n) is 4.78. The van der Waals surface area contributed by atoms with Crippen molar-refractivity contribution in [1.29, 1.82) is 0 Å². The van der Waals surface area contributed by atoms with Crippen LogP contribution in [0.5, 0.6) is 0 Å². The Morgan fingerprint density at radius 3 is 2.81 bits per heavy atom. The van der Waals surface area contributed by atoms with Crippen LogP contribution in [0.25, 0.3) is 0 Å². The van der Waals surface area contributed by atoms with E-state index in [9.17, 15) is 0 Å². The van der Waals surface area contributed by atoms with E-state index in [4.69, 9.17) is 11.6 Å². The Bertz CT molecular complexity index is 470. The topological polar surface area (TPSA) is 0 Å². The Morgan fingerprint density at radius 1 is 1.38 bits per heavy atom. The first-order chi connectivity index (χ1) is 7.66. The molecule has 2 rings (SSSR count). The highest BCUT2D eigenvalue weighted by Gasteiger charge is 2.10. The van der Waals surface area contributed by atoms with E-state index in [1.54, 1.807) is 11.3 Å². The molecule has 1 unspecified atom stereocenters. The second-order valence-electron chi connectivity index (χ2n) is 3.42. The Hall–Kier alpha value is 0.420. The van der Waals surface area contributed by atoms with Crippen LogP contribution in [0.4, 0.5) is 0 Å². The van der Waals surface area contributed by atoms with Gasteiger partial charge in [-0.15, -0.1) is 11.3 Å². The highest BCUT2D eigenvalue weighted by molar-refractivity contribution is 14.1. The van der Waals surface area contributed by atoms with Gasteiger partial charge in [0.2, 0.25) is 0 Å². The molecule has 84 valence electrons. The van der Waals surface area contributed by atoms with Crippen LogP contribution in [0.3, 0.4) is 0 Å². The van der Waals surface area contributed by atoms with Crippen molar-refractivity contribution in [2.75, 3.05) is 0 Å². The van der Waals surface area contributed by atoms with Gasteiger partial charge in [0.25, 0.3) is 0 Å². The molecular formula is C12H9BrClIS. The minimum absolute atomic E-state index is 0.334. The molecule has 0 spiro atoms. The second-order valence-corrected chi connectivity index (χ2v) is 7.13. The molecule has 0 amide bonds. The highest BCUT2D eigenvalue weighted by atomic mass is 127. The van der Waals surface area contributed by atoms with E-state index in [-0.39, 0.29) is 0 Å². The van der Waals surface area contributed by atoms with Gasteiger partial charge in [-0.05, 0) is 58.2 Å². The van der Waals surface area contributed by atoms with Crippen LogP contribution in [0, 0.1) is 3.57 Å². The molecule has 4 heteroatoms. The van der Waals surface area contributed by atoms with E-state index < -0.39 is 0 Å². The number of benzene rings is 1. The number of hydrogen-bond acceptors (Lipinski definition) is 1. The van der Waals surface area contributed by atoms with Crippen molar-refractivity contribution in [3.63, 3.8) is 0 Å². The zero-order chi connectivity index (χ0) is 11.5. The van der Waals surface area contributed by atoms with Crippen molar-refractivity contribution in [3.8, 4) is 0 Å². The number of halogens is 3. The summed E-state index contributed by atoms with van der Waals surface area (Å²) in [4.78, 5) is 1.72. The Balaban J connectivity index is 2.14. The molecule has 0 nitrogen and oxygen atoms in total. The average Bonchev–Trinajstić information content (AvgIpc) is 2.74. The molecule has 0 aliphatic carbocycles. The summed E-state index contributed by atoms with van der Waals surface area (Å²) in [7, 11) is 0. The lowest BCUT2D eigenvalue weighted by Crippen LogP contribution is -1.94. The fourth-order valence-corrected chi connectivity index (χ4v) is 3.55. The van der Waals surface area contributed by atoms with E-state index in [0.29, 0.717) is 4.83 Å². The third-order valence-corrected chi connectivity index (χ3v) is 5.59. The zero-order valence-corrected chi connectivity index (χ0v) is 13.6. The molecule has 1 aromatic heterocycles. The number of alkyl halides is 1. The lowest BCUT2D eigenvalue weighted by atomic mass is 10.1. The van der Waals surface area contributed by atoms with Crippen LogP contribution < -0.4 is 0 Å². The molecule has 1 heterocycles. The molecule has 0 N–H and O–H groups in total. The van der Waals surface area contributed by atoms with E-state index in [1.807, 2.05) is 6.07 Å². The van der Waals surface area contributed by atoms with E-state index >= 15 is 0 Å². The van der Waals surface area contributed by atoms with Gasteiger partial charge in [0.05, 0.1) is 5.02 Å². The van der Waals surface area contributed by atoms with Gasteiger partial charge in [-0.3, -0.25) is 0 Å². The molecule has 0 bridgehead atoms. The fraction of sp³-hybridized carbons (Fsp3) is 0.167. The number of thiophene rings is 1. The molecule has 2 aromatic rings. The summed E-state index contributed by atoms with van der Waals surface area (Å²) < 4.78 is 1.10. The first-order valence-corrected chi connectivity index (χ1v) is 8.03. The Kier molecular flexibility index (Phi) is 4.70. The zero-order valence-electron chi connectivity index (χ0n) is 8.29. The largest absolute Gasteiger partial charge is 0.149 e. The SMILES string of the molecule is Clc1cc(C(Br)Cc2cccs2)ccc1I. The van der Waals surface area contributed by atoms with E-state index in [1.165, 1.54) is 10.4 Å². The van der Waals surface area contributed by atoms with Gasteiger partial charge in [0.1, 0.15) is 0 Å². The van der Waals surface area contributed by atoms with Crippen LogP contribution in [0.2, 0.25) is 5.02 Å². The van der Waals surface area contributed by atoms with Gasteiger partial charge in [-0.25, -0.2) is 0 Å². The lowest BCUT2D eigenvalue weighted by Gasteiger charge is -2.10. The third kappa shape index (κ3) is 3.22. The second kappa shape index (κ2) is 5.85. The van der Waals surface area contributed by atoms with Crippen molar-refractivity contribution in [3.05, 3.63) is 54.7 Å². The van der Waals surface area contributed by atoms with Gasteiger partial charge >= 0.3 is 0 Å². The summed E-state index contributed by atoms with van der Waals surface area (Å²) in [5.74, 6) is 0. The predicted molar refractivity (Wildman–Crippen MR) is 83.9 cm³/mol. The molecule has 0 aliphatic heterocycles. The highest BCUT2D eigenvalue weighted by Crippen LogP contribution is 2.31.